The molecular formula is C7H4BrClN2O2S2. The van der Waals surface area contributed by atoms with E-state index in [1.54, 1.807) is 0 Å². The molecule has 0 N–H and O–H groups in total. The molecule has 2 heterocycles. The van der Waals surface area contributed by atoms with Crippen molar-refractivity contribution >= 4 is 48.9 Å². The van der Waals surface area contributed by atoms with Crippen molar-refractivity contribution in [3.63, 3.8) is 0 Å². The second kappa shape index (κ2) is 3.89. The minimum absolute atomic E-state index is 0.170. The minimum atomic E-state index is -3.59. The number of hydrogen-bond donors (Lipinski definition) is 0. The zero-order valence-electron chi connectivity index (χ0n) is 7.09. The van der Waals surface area contributed by atoms with Crippen LogP contribution in [0.3, 0.4) is 0 Å². The Balaban J connectivity index is 2.53. The molecule has 0 aliphatic heterocycles. The first-order valence-electron chi connectivity index (χ1n) is 3.71. The van der Waals surface area contributed by atoms with Gasteiger partial charge >= 0.3 is 0 Å². The van der Waals surface area contributed by atoms with Crippen molar-refractivity contribution in [2.24, 2.45) is 0 Å². The van der Waals surface area contributed by atoms with Gasteiger partial charge in [-0.15, -0.1) is 11.3 Å². The van der Waals surface area contributed by atoms with Crippen molar-refractivity contribution in [2.45, 2.75) is 4.21 Å². The van der Waals surface area contributed by atoms with Gasteiger partial charge in [0.1, 0.15) is 4.21 Å². The van der Waals surface area contributed by atoms with Crippen molar-refractivity contribution in [2.75, 3.05) is 0 Å². The molecule has 0 saturated carbocycles. The second-order valence-corrected chi connectivity index (χ2v) is 7.25. The Hall–Kier alpha value is -0.370. The third-order valence-corrected chi connectivity index (χ3v) is 5.23. The normalized spacial score (nSPS) is 11.9. The summed E-state index contributed by atoms with van der Waals surface area (Å²) in [5.74, 6) is 0. The first-order valence-corrected chi connectivity index (χ1v) is 7.14. The number of nitrogens with zero attached hydrogens (tertiary/aromatic N) is 2. The summed E-state index contributed by atoms with van der Waals surface area (Å²) in [5, 5.41) is 3.72. The molecule has 0 bridgehead atoms. The van der Waals surface area contributed by atoms with E-state index in [0.29, 0.717) is 8.81 Å². The van der Waals surface area contributed by atoms with Crippen LogP contribution in [0, 0.1) is 0 Å². The van der Waals surface area contributed by atoms with Crippen LogP contribution in [0.15, 0.2) is 33.2 Å². The van der Waals surface area contributed by atoms with E-state index in [9.17, 15) is 8.42 Å². The highest BCUT2D eigenvalue weighted by Crippen LogP contribution is 2.27. The zero-order valence-corrected chi connectivity index (χ0v) is 11.1. The molecule has 0 saturated heterocycles. The zero-order chi connectivity index (χ0) is 11.1. The molecule has 0 unspecified atom stereocenters. The SMILES string of the molecule is O=S(=O)(c1ccc(Cl)s1)n1cc(Br)cn1. The lowest BCUT2D eigenvalue weighted by atomic mass is 10.7. The van der Waals surface area contributed by atoms with Gasteiger partial charge in [-0.3, -0.25) is 0 Å². The van der Waals surface area contributed by atoms with Crippen LogP contribution in [0.25, 0.3) is 0 Å². The fourth-order valence-corrected chi connectivity index (χ4v) is 4.05. The Morgan fingerprint density at radius 2 is 2.20 bits per heavy atom. The molecule has 80 valence electrons. The highest BCUT2D eigenvalue weighted by molar-refractivity contribution is 9.10. The first-order chi connectivity index (χ1) is 7.00. The Kier molecular flexibility index (Phi) is 2.89. The Morgan fingerprint density at radius 1 is 1.47 bits per heavy atom. The average Bonchev–Trinajstić information content (AvgIpc) is 2.74. The van der Waals surface area contributed by atoms with Gasteiger partial charge in [-0.1, -0.05) is 11.6 Å². The topological polar surface area (TPSA) is 52.0 Å². The summed E-state index contributed by atoms with van der Waals surface area (Å²) >= 11 is 9.81. The van der Waals surface area contributed by atoms with Gasteiger partial charge in [0.25, 0.3) is 10.0 Å². The second-order valence-electron chi connectivity index (χ2n) is 2.59. The number of rotatable bonds is 2. The molecule has 2 rings (SSSR count). The molecule has 8 heteroatoms. The maximum atomic E-state index is 11.9. The highest BCUT2D eigenvalue weighted by atomic mass is 79.9. The van der Waals surface area contributed by atoms with Gasteiger partial charge in [0.2, 0.25) is 0 Å². The molecule has 0 aliphatic rings. The summed E-state index contributed by atoms with van der Waals surface area (Å²) in [4.78, 5) is 0. The molecule has 2 aromatic heterocycles. The lowest BCUT2D eigenvalue weighted by Crippen LogP contribution is -2.11. The smallest absolute Gasteiger partial charge is 0.198 e. The predicted molar refractivity (Wildman–Crippen MR) is 61.8 cm³/mol. The van der Waals surface area contributed by atoms with E-state index >= 15 is 0 Å². The van der Waals surface area contributed by atoms with Crippen molar-refractivity contribution in [1.82, 2.24) is 9.19 Å². The monoisotopic (exact) mass is 326 g/mol. The Bertz CT molecular complexity index is 543. The Morgan fingerprint density at radius 3 is 2.67 bits per heavy atom. The van der Waals surface area contributed by atoms with Crippen molar-refractivity contribution in [1.29, 1.82) is 0 Å². The molecule has 0 amide bonds. The maximum Gasteiger partial charge on any atom is 0.292 e. The van der Waals surface area contributed by atoms with Crippen LogP contribution in [0.4, 0.5) is 0 Å². The van der Waals surface area contributed by atoms with E-state index in [1.165, 1.54) is 24.5 Å². The van der Waals surface area contributed by atoms with E-state index in [-0.39, 0.29) is 4.21 Å². The molecular weight excluding hydrogens is 324 g/mol. The van der Waals surface area contributed by atoms with E-state index in [4.69, 9.17) is 11.6 Å². The first kappa shape index (κ1) is 11.1. The lowest BCUT2D eigenvalue weighted by molar-refractivity contribution is 0.582. The maximum absolute atomic E-state index is 11.9. The summed E-state index contributed by atoms with van der Waals surface area (Å²) in [7, 11) is -3.59. The highest BCUT2D eigenvalue weighted by Gasteiger charge is 2.19. The van der Waals surface area contributed by atoms with Crippen molar-refractivity contribution < 1.29 is 8.42 Å². The fraction of sp³-hybridized carbons (Fsp3) is 0. The standard InChI is InChI=1S/C7H4BrClN2O2S2/c8-5-3-10-11(4-5)15(12,13)7-2-1-6(9)14-7/h1-4H. The van der Waals surface area contributed by atoms with E-state index < -0.39 is 10.0 Å². The van der Waals surface area contributed by atoms with Crippen LogP contribution in [-0.2, 0) is 10.0 Å². The van der Waals surface area contributed by atoms with Crippen LogP contribution in [0.2, 0.25) is 4.34 Å². The van der Waals surface area contributed by atoms with Crippen molar-refractivity contribution in [3.8, 4) is 0 Å². The summed E-state index contributed by atoms with van der Waals surface area (Å²) in [5.41, 5.74) is 0. The van der Waals surface area contributed by atoms with Gasteiger partial charge in [0.05, 0.1) is 21.2 Å². The molecule has 2 aromatic rings. The van der Waals surface area contributed by atoms with Gasteiger partial charge < -0.3 is 0 Å². The van der Waals surface area contributed by atoms with Gasteiger partial charge in [-0.25, -0.2) is 0 Å². The molecule has 0 atom stereocenters. The number of aromatic nitrogens is 2. The predicted octanol–water partition coefficient (Wildman–Crippen LogP) is 2.60. The quantitative estimate of drug-likeness (QED) is 0.852. The van der Waals surface area contributed by atoms with Gasteiger partial charge in [0.15, 0.2) is 0 Å². The molecule has 15 heavy (non-hydrogen) atoms. The average molecular weight is 328 g/mol. The minimum Gasteiger partial charge on any atom is -0.198 e. The molecule has 4 nitrogen and oxygen atoms in total. The number of hydrogen-bond acceptors (Lipinski definition) is 4. The van der Waals surface area contributed by atoms with E-state index in [0.717, 1.165) is 15.4 Å². The molecule has 0 spiro atoms. The summed E-state index contributed by atoms with van der Waals surface area (Å²) < 4.78 is 25.9. The van der Waals surface area contributed by atoms with Crippen LogP contribution in [0.1, 0.15) is 0 Å². The summed E-state index contributed by atoms with van der Waals surface area (Å²) in [6.45, 7) is 0. The molecule has 0 radical (unpaired) electrons. The van der Waals surface area contributed by atoms with Gasteiger partial charge in [-0.05, 0) is 28.1 Å². The lowest BCUT2D eigenvalue weighted by Gasteiger charge is -1.99. The Labute approximate surface area is 104 Å². The van der Waals surface area contributed by atoms with Crippen LogP contribution < -0.4 is 0 Å². The molecule has 0 aromatic carbocycles. The molecule has 0 fully saturated rings. The largest absolute Gasteiger partial charge is 0.292 e. The van der Waals surface area contributed by atoms with Crippen LogP contribution in [-0.4, -0.2) is 17.6 Å². The third-order valence-electron chi connectivity index (χ3n) is 1.58. The molecule has 0 aliphatic carbocycles. The fourth-order valence-electron chi connectivity index (χ4n) is 0.944. The van der Waals surface area contributed by atoms with Crippen LogP contribution in [0.5, 0.6) is 0 Å². The number of halogens is 2. The van der Waals surface area contributed by atoms with E-state index in [1.807, 2.05) is 0 Å². The third kappa shape index (κ3) is 2.10. The number of thiophene rings is 1. The summed E-state index contributed by atoms with van der Waals surface area (Å²) in [6, 6.07) is 3.00. The van der Waals surface area contributed by atoms with Gasteiger partial charge in [-0.2, -0.15) is 17.6 Å². The summed E-state index contributed by atoms with van der Waals surface area (Å²) in [6.07, 6.45) is 2.79. The van der Waals surface area contributed by atoms with E-state index in [2.05, 4.69) is 21.0 Å². The van der Waals surface area contributed by atoms with Crippen LogP contribution >= 0.6 is 38.9 Å². The van der Waals surface area contributed by atoms with Gasteiger partial charge in [0, 0.05) is 0 Å². The van der Waals surface area contributed by atoms with Crippen molar-refractivity contribution in [3.05, 3.63) is 33.3 Å².